The molecule has 2 rings (SSSR count). The lowest BCUT2D eigenvalue weighted by atomic mass is 10.0. The van der Waals surface area contributed by atoms with Gasteiger partial charge < -0.3 is 15.2 Å². The van der Waals surface area contributed by atoms with Crippen molar-refractivity contribution in [2.75, 3.05) is 6.61 Å². The number of carbonyl (C=O) groups excluding carboxylic acids is 1. The van der Waals surface area contributed by atoms with Crippen LogP contribution >= 0.6 is 0 Å². The minimum Gasteiger partial charge on any atom is -0.480 e. The summed E-state index contributed by atoms with van der Waals surface area (Å²) in [4.78, 5) is 22.9. The van der Waals surface area contributed by atoms with Crippen LogP contribution in [0.5, 0.6) is 0 Å². The first-order valence-corrected chi connectivity index (χ1v) is 5.71. The predicted molar refractivity (Wildman–Crippen MR) is 55.9 cm³/mol. The highest BCUT2D eigenvalue weighted by molar-refractivity contribution is 5.89. The van der Waals surface area contributed by atoms with Crippen molar-refractivity contribution in [2.45, 2.75) is 44.2 Å². The molecule has 2 aliphatic rings. The Bertz CT molecular complexity index is 305. The molecule has 90 valence electrons. The number of carbonyl (C=O) groups is 2. The van der Waals surface area contributed by atoms with Gasteiger partial charge in [-0.1, -0.05) is 0 Å². The molecule has 1 aliphatic heterocycles. The molecule has 5 nitrogen and oxygen atoms in total. The third-order valence-electron chi connectivity index (χ3n) is 3.35. The molecule has 1 saturated carbocycles. The molecule has 2 fully saturated rings. The Labute approximate surface area is 94.2 Å². The van der Waals surface area contributed by atoms with Gasteiger partial charge in [-0.05, 0) is 38.5 Å². The van der Waals surface area contributed by atoms with Crippen molar-refractivity contribution in [3.63, 3.8) is 0 Å². The monoisotopic (exact) mass is 227 g/mol. The van der Waals surface area contributed by atoms with Gasteiger partial charge >= 0.3 is 5.97 Å². The average molecular weight is 227 g/mol. The van der Waals surface area contributed by atoms with E-state index in [1.165, 1.54) is 0 Å². The Morgan fingerprint density at radius 1 is 1.50 bits per heavy atom. The van der Waals surface area contributed by atoms with E-state index < -0.39 is 17.6 Å². The number of carboxylic acids is 1. The SMILES string of the molecule is CC1(C(=O)NC(C(=O)O)C2CC2)CCCO1. The Balaban J connectivity index is 1.97. The summed E-state index contributed by atoms with van der Waals surface area (Å²) in [6.45, 7) is 2.30. The van der Waals surface area contributed by atoms with E-state index in [9.17, 15) is 9.59 Å². The number of hydrogen-bond acceptors (Lipinski definition) is 3. The van der Waals surface area contributed by atoms with Crippen molar-refractivity contribution >= 4 is 11.9 Å². The summed E-state index contributed by atoms with van der Waals surface area (Å²) in [5.41, 5.74) is -0.831. The third kappa shape index (κ3) is 2.19. The van der Waals surface area contributed by atoms with E-state index >= 15 is 0 Å². The number of rotatable bonds is 4. The van der Waals surface area contributed by atoms with Crippen LogP contribution in [0, 0.1) is 5.92 Å². The van der Waals surface area contributed by atoms with Gasteiger partial charge in [0, 0.05) is 6.61 Å². The van der Waals surface area contributed by atoms with Gasteiger partial charge in [0.05, 0.1) is 0 Å². The first-order chi connectivity index (χ1) is 7.53. The van der Waals surface area contributed by atoms with Gasteiger partial charge in [0.25, 0.3) is 5.91 Å². The second-order valence-electron chi connectivity index (χ2n) is 4.81. The van der Waals surface area contributed by atoms with Crippen molar-refractivity contribution in [3.05, 3.63) is 0 Å². The summed E-state index contributed by atoms with van der Waals surface area (Å²) in [5, 5.41) is 11.6. The number of aliphatic carboxylic acids is 1. The minimum absolute atomic E-state index is 0.103. The molecule has 2 N–H and O–H groups in total. The molecule has 0 aromatic rings. The van der Waals surface area contributed by atoms with Crippen LogP contribution in [0.3, 0.4) is 0 Å². The number of nitrogens with one attached hydrogen (secondary N) is 1. The van der Waals surface area contributed by atoms with E-state index in [0.717, 1.165) is 19.3 Å². The van der Waals surface area contributed by atoms with Crippen LogP contribution in [0.2, 0.25) is 0 Å². The molecule has 5 heteroatoms. The van der Waals surface area contributed by atoms with E-state index in [-0.39, 0.29) is 11.8 Å². The summed E-state index contributed by atoms with van der Waals surface area (Å²) in [5.74, 6) is -1.13. The zero-order valence-corrected chi connectivity index (χ0v) is 9.36. The number of amides is 1. The topological polar surface area (TPSA) is 75.6 Å². The van der Waals surface area contributed by atoms with Crippen LogP contribution in [-0.2, 0) is 14.3 Å². The maximum absolute atomic E-state index is 11.9. The highest BCUT2D eigenvalue weighted by Gasteiger charge is 2.43. The first-order valence-electron chi connectivity index (χ1n) is 5.71. The molecule has 0 aromatic heterocycles. The zero-order valence-electron chi connectivity index (χ0n) is 9.36. The quantitative estimate of drug-likeness (QED) is 0.734. The van der Waals surface area contributed by atoms with Crippen LogP contribution in [0.4, 0.5) is 0 Å². The highest BCUT2D eigenvalue weighted by Crippen LogP contribution is 2.33. The summed E-state index contributed by atoms with van der Waals surface area (Å²) in [7, 11) is 0. The molecule has 1 amide bonds. The van der Waals surface area contributed by atoms with Crippen molar-refractivity contribution in [3.8, 4) is 0 Å². The van der Waals surface area contributed by atoms with E-state index in [1.807, 2.05) is 0 Å². The molecule has 16 heavy (non-hydrogen) atoms. The number of carboxylic acid groups (broad SMARTS) is 1. The van der Waals surface area contributed by atoms with Crippen molar-refractivity contribution in [2.24, 2.45) is 5.92 Å². The second kappa shape index (κ2) is 4.05. The molecule has 1 saturated heterocycles. The molecule has 1 aliphatic carbocycles. The zero-order chi connectivity index (χ0) is 11.8. The third-order valence-corrected chi connectivity index (χ3v) is 3.35. The summed E-state index contributed by atoms with van der Waals surface area (Å²) >= 11 is 0. The van der Waals surface area contributed by atoms with Crippen LogP contribution in [0.1, 0.15) is 32.6 Å². The van der Waals surface area contributed by atoms with E-state index in [2.05, 4.69) is 5.32 Å². The van der Waals surface area contributed by atoms with Gasteiger partial charge in [-0.15, -0.1) is 0 Å². The van der Waals surface area contributed by atoms with Crippen molar-refractivity contribution in [1.29, 1.82) is 0 Å². The second-order valence-corrected chi connectivity index (χ2v) is 4.81. The molecule has 0 aromatic carbocycles. The van der Waals surface area contributed by atoms with Gasteiger partial charge in [0.1, 0.15) is 11.6 Å². The fraction of sp³-hybridized carbons (Fsp3) is 0.818. The molecule has 1 heterocycles. The van der Waals surface area contributed by atoms with Crippen molar-refractivity contribution in [1.82, 2.24) is 5.32 Å². The Hall–Kier alpha value is -1.10. The molecule has 2 atom stereocenters. The normalized spacial score (nSPS) is 31.1. The van der Waals surface area contributed by atoms with Crippen LogP contribution in [0.25, 0.3) is 0 Å². The van der Waals surface area contributed by atoms with Gasteiger partial charge in [-0.25, -0.2) is 4.79 Å². The lowest BCUT2D eigenvalue weighted by molar-refractivity contribution is -0.147. The standard InChI is InChI=1S/C11H17NO4/c1-11(5-2-6-16-11)10(15)12-8(9(13)14)7-3-4-7/h7-8H,2-6H2,1H3,(H,12,15)(H,13,14). The molecule has 0 spiro atoms. The van der Waals surface area contributed by atoms with E-state index in [4.69, 9.17) is 9.84 Å². The Morgan fingerprint density at radius 3 is 2.62 bits per heavy atom. The fourth-order valence-electron chi connectivity index (χ4n) is 2.06. The summed E-state index contributed by atoms with van der Waals surface area (Å²) in [6, 6.07) is -0.742. The van der Waals surface area contributed by atoms with Crippen molar-refractivity contribution < 1.29 is 19.4 Å². The number of ether oxygens (including phenoxy) is 1. The smallest absolute Gasteiger partial charge is 0.326 e. The predicted octanol–water partition coefficient (Wildman–Crippen LogP) is 0.535. The first kappa shape index (κ1) is 11.4. The Morgan fingerprint density at radius 2 is 2.19 bits per heavy atom. The Kier molecular flexibility index (Phi) is 2.88. The summed E-state index contributed by atoms with van der Waals surface area (Å²) < 4.78 is 5.38. The van der Waals surface area contributed by atoms with Crippen LogP contribution in [-0.4, -0.2) is 35.2 Å². The van der Waals surface area contributed by atoms with Crippen LogP contribution in [0.15, 0.2) is 0 Å². The number of hydrogen-bond donors (Lipinski definition) is 2. The molecular weight excluding hydrogens is 210 g/mol. The van der Waals surface area contributed by atoms with Gasteiger partial charge in [-0.2, -0.15) is 0 Å². The molecule has 2 unspecified atom stereocenters. The largest absolute Gasteiger partial charge is 0.480 e. The van der Waals surface area contributed by atoms with Gasteiger partial charge in [0.2, 0.25) is 0 Å². The van der Waals surface area contributed by atoms with Crippen LogP contribution < -0.4 is 5.32 Å². The highest BCUT2D eigenvalue weighted by atomic mass is 16.5. The molecule has 0 bridgehead atoms. The lowest BCUT2D eigenvalue weighted by Crippen LogP contribution is -2.51. The summed E-state index contributed by atoms with van der Waals surface area (Å²) in [6.07, 6.45) is 3.28. The maximum Gasteiger partial charge on any atom is 0.326 e. The molecule has 0 radical (unpaired) electrons. The molecular formula is C11H17NO4. The van der Waals surface area contributed by atoms with E-state index in [0.29, 0.717) is 13.0 Å². The fourth-order valence-corrected chi connectivity index (χ4v) is 2.06. The lowest BCUT2D eigenvalue weighted by Gasteiger charge is -2.24. The minimum atomic E-state index is -0.947. The van der Waals surface area contributed by atoms with Gasteiger partial charge in [-0.3, -0.25) is 4.79 Å². The van der Waals surface area contributed by atoms with E-state index in [1.54, 1.807) is 6.92 Å². The average Bonchev–Trinajstić information content (AvgIpc) is 2.96. The maximum atomic E-state index is 11.9. The van der Waals surface area contributed by atoms with Gasteiger partial charge in [0.15, 0.2) is 0 Å².